The molecule has 0 aromatic rings. The molecule has 0 bridgehead atoms. The number of hydrogen-bond donors (Lipinski definition) is 2. The predicted molar refractivity (Wildman–Crippen MR) is 107 cm³/mol. The zero-order valence-electron chi connectivity index (χ0n) is 16.8. The van der Waals surface area contributed by atoms with Gasteiger partial charge in [0.1, 0.15) is 0 Å². The highest BCUT2D eigenvalue weighted by molar-refractivity contribution is 6.16. The molecule has 0 saturated carbocycles. The van der Waals surface area contributed by atoms with Crippen molar-refractivity contribution in [2.45, 2.75) is 109 Å². The quantitative estimate of drug-likeness (QED) is 0.250. The Labute approximate surface area is 164 Å². The minimum Gasteiger partial charge on any atom is -0.481 e. The third kappa shape index (κ3) is 13.2. The molecule has 0 fully saturated rings. The van der Waals surface area contributed by atoms with Crippen LogP contribution in [-0.2, 0) is 14.4 Å². The normalized spacial score (nSPS) is 13.7. The van der Waals surface area contributed by atoms with Gasteiger partial charge in [-0.25, -0.2) is 0 Å². The number of nitrogens with one attached hydrogen (secondary N) is 1. The Morgan fingerprint density at radius 1 is 0.704 bits per heavy atom. The van der Waals surface area contributed by atoms with Gasteiger partial charge in [0.2, 0.25) is 0 Å². The lowest BCUT2D eigenvalue weighted by molar-refractivity contribution is -0.137. The number of carbonyl (C=O) groups excluding carboxylic acids is 2. The van der Waals surface area contributed by atoms with Crippen molar-refractivity contribution in [1.82, 2.24) is 5.32 Å². The van der Waals surface area contributed by atoms with Gasteiger partial charge in [0.05, 0.1) is 0 Å². The van der Waals surface area contributed by atoms with Crippen LogP contribution in [0.25, 0.3) is 0 Å². The zero-order valence-corrected chi connectivity index (χ0v) is 16.8. The summed E-state index contributed by atoms with van der Waals surface area (Å²) >= 11 is 0. The molecule has 0 unspecified atom stereocenters. The molecule has 0 saturated heterocycles. The first-order valence-electron chi connectivity index (χ1n) is 10.9. The van der Waals surface area contributed by atoms with E-state index in [4.69, 9.17) is 5.11 Å². The number of amides is 2. The molecule has 2 amide bonds. The molecule has 5 heteroatoms. The van der Waals surface area contributed by atoms with Crippen molar-refractivity contribution in [3.63, 3.8) is 0 Å². The van der Waals surface area contributed by atoms with E-state index in [0.29, 0.717) is 12.0 Å². The average molecular weight is 380 g/mol. The minimum absolute atomic E-state index is 0.210. The van der Waals surface area contributed by atoms with Crippen LogP contribution in [0.3, 0.4) is 0 Å². The number of carboxylic acid groups (broad SMARTS) is 1. The van der Waals surface area contributed by atoms with Gasteiger partial charge in [-0.3, -0.25) is 19.7 Å². The van der Waals surface area contributed by atoms with Gasteiger partial charge in [0, 0.05) is 18.1 Å². The molecule has 27 heavy (non-hydrogen) atoms. The summed E-state index contributed by atoms with van der Waals surface area (Å²) in [6, 6.07) is 0. The van der Waals surface area contributed by atoms with E-state index in [2.05, 4.69) is 5.32 Å². The molecule has 1 rings (SSSR count). The average Bonchev–Trinajstić information content (AvgIpc) is 2.94. The summed E-state index contributed by atoms with van der Waals surface area (Å²) in [6.45, 7) is 0. The predicted octanol–water partition coefficient (Wildman–Crippen LogP) is 5.29. The lowest BCUT2D eigenvalue weighted by Gasteiger charge is -2.04. The number of unbranched alkanes of at least 4 members (excludes halogenated alkanes) is 14. The molecule has 0 radical (unpaired) electrons. The highest BCUT2D eigenvalue weighted by Gasteiger charge is 2.19. The highest BCUT2D eigenvalue weighted by atomic mass is 16.4. The SMILES string of the molecule is O=C(O)CCCCCCCCCCCCCCCCCC1=CC(=O)NC1=O. The van der Waals surface area contributed by atoms with Gasteiger partial charge < -0.3 is 5.11 Å². The molecule has 0 aromatic carbocycles. The number of rotatable bonds is 18. The molecular weight excluding hydrogens is 342 g/mol. The first-order chi connectivity index (χ1) is 13.1. The van der Waals surface area contributed by atoms with Gasteiger partial charge in [-0.2, -0.15) is 0 Å². The van der Waals surface area contributed by atoms with Gasteiger partial charge in [0.15, 0.2) is 0 Å². The molecule has 154 valence electrons. The summed E-state index contributed by atoms with van der Waals surface area (Å²) in [5.41, 5.74) is 0.639. The van der Waals surface area contributed by atoms with Crippen molar-refractivity contribution in [3.05, 3.63) is 11.6 Å². The molecular formula is C22H37NO4. The van der Waals surface area contributed by atoms with Gasteiger partial charge in [-0.05, 0) is 19.3 Å². The van der Waals surface area contributed by atoms with Crippen molar-refractivity contribution in [1.29, 1.82) is 0 Å². The molecule has 1 aliphatic rings. The third-order valence-corrected chi connectivity index (χ3v) is 5.17. The molecule has 0 aliphatic carbocycles. The van der Waals surface area contributed by atoms with Crippen LogP contribution in [0.15, 0.2) is 11.6 Å². The van der Waals surface area contributed by atoms with E-state index < -0.39 is 5.97 Å². The first-order valence-corrected chi connectivity index (χ1v) is 10.9. The summed E-state index contributed by atoms with van der Waals surface area (Å²) < 4.78 is 0. The monoisotopic (exact) mass is 379 g/mol. The minimum atomic E-state index is -0.677. The van der Waals surface area contributed by atoms with Gasteiger partial charge in [-0.15, -0.1) is 0 Å². The third-order valence-electron chi connectivity index (χ3n) is 5.17. The first kappa shape index (κ1) is 23.4. The van der Waals surface area contributed by atoms with Crippen molar-refractivity contribution in [2.24, 2.45) is 0 Å². The van der Waals surface area contributed by atoms with Crippen molar-refractivity contribution >= 4 is 17.8 Å². The van der Waals surface area contributed by atoms with Crippen LogP contribution < -0.4 is 5.32 Å². The largest absolute Gasteiger partial charge is 0.481 e. The summed E-state index contributed by atoms with van der Waals surface area (Å²) in [5.74, 6) is -1.16. The van der Waals surface area contributed by atoms with Gasteiger partial charge in [-0.1, -0.05) is 83.5 Å². The fourth-order valence-corrected chi connectivity index (χ4v) is 3.53. The molecule has 5 nitrogen and oxygen atoms in total. The molecule has 1 aliphatic heterocycles. The summed E-state index contributed by atoms with van der Waals surface area (Å²) in [5, 5.41) is 10.8. The van der Waals surface area contributed by atoms with E-state index in [-0.39, 0.29) is 11.8 Å². The maximum Gasteiger partial charge on any atom is 0.303 e. The smallest absolute Gasteiger partial charge is 0.303 e. The Morgan fingerprint density at radius 3 is 1.48 bits per heavy atom. The van der Waals surface area contributed by atoms with Crippen molar-refractivity contribution in [2.75, 3.05) is 0 Å². The highest BCUT2D eigenvalue weighted by Crippen LogP contribution is 2.16. The molecule has 0 atom stereocenters. The number of imide groups is 1. The van der Waals surface area contributed by atoms with E-state index in [1.54, 1.807) is 0 Å². The van der Waals surface area contributed by atoms with Crippen molar-refractivity contribution < 1.29 is 19.5 Å². The maximum absolute atomic E-state index is 11.4. The number of hydrogen-bond acceptors (Lipinski definition) is 3. The Balaban J connectivity index is 1.73. The van der Waals surface area contributed by atoms with Crippen LogP contribution in [0.1, 0.15) is 109 Å². The zero-order chi connectivity index (χ0) is 19.7. The lowest BCUT2D eigenvalue weighted by atomic mass is 10.0. The number of carbonyl (C=O) groups is 3. The van der Waals surface area contributed by atoms with E-state index in [0.717, 1.165) is 32.1 Å². The maximum atomic E-state index is 11.4. The van der Waals surface area contributed by atoms with E-state index >= 15 is 0 Å². The Kier molecular flexibility index (Phi) is 13.4. The topological polar surface area (TPSA) is 83.5 Å². The fraction of sp³-hybridized carbons (Fsp3) is 0.773. The Bertz CT molecular complexity index is 485. The second-order valence-corrected chi connectivity index (χ2v) is 7.68. The Hall–Kier alpha value is -1.65. The second-order valence-electron chi connectivity index (χ2n) is 7.68. The van der Waals surface area contributed by atoms with E-state index in [1.807, 2.05) is 0 Å². The van der Waals surface area contributed by atoms with Crippen LogP contribution in [0.2, 0.25) is 0 Å². The number of aliphatic carboxylic acids is 1. The van der Waals surface area contributed by atoms with Crippen LogP contribution >= 0.6 is 0 Å². The second kappa shape index (κ2) is 15.4. The van der Waals surface area contributed by atoms with E-state index in [9.17, 15) is 14.4 Å². The molecule has 2 N–H and O–H groups in total. The van der Waals surface area contributed by atoms with Crippen molar-refractivity contribution in [3.8, 4) is 0 Å². The number of carboxylic acids is 1. The molecule has 1 heterocycles. The summed E-state index contributed by atoms with van der Waals surface area (Å²) in [7, 11) is 0. The standard InChI is InChI=1S/C22H37NO4/c24-20-18-19(22(27)23-20)16-14-12-10-8-6-4-2-1-3-5-7-9-11-13-15-17-21(25)26/h18H,1-17H2,(H,25,26)(H,23,24,27). The summed E-state index contributed by atoms with van der Waals surface area (Å²) in [4.78, 5) is 32.8. The lowest BCUT2D eigenvalue weighted by Crippen LogP contribution is -2.22. The van der Waals surface area contributed by atoms with E-state index in [1.165, 1.54) is 76.7 Å². The van der Waals surface area contributed by atoms with Crippen LogP contribution in [0.4, 0.5) is 0 Å². The van der Waals surface area contributed by atoms with Crippen LogP contribution in [0, 0.1) is 0 Å². The van der Waals surface area contributed by atoms with Crippen LogP contribution in [0.5, 0.6) is 0 Å². The van der Waals surface area contributed by atoms with Crippen LogP contribution in [-0.4, -0.2) is 22.9 Å². The van der Waals surface area contributed by atoms with Gasteiger partial charge >= 0.3 is 5.97 Å². The molecule has 0 aromatic heterocycles. The summed E-state index contributed by atoms with van der Waals surface area (Å²) in [6.07, 6.45) is 20.5. The molecule has 0 spiro atoms. The fourth-order valence-electron chi connectivity index (χ4n) is 3.53. The van der Waals surface area contributed by atoms with Gasteiger partial charge in [0.25, 0.3) is 11.8 Å². The Morgan fingerprint density at radius 2 is 1.11 bits per heavy atom.